The van der Waals surface area contributed by atoms with Crippen LogP contribution in [0.15, 0.2) is 23.3 Å². The number of hydrogen-bond acceptors (Lipinski definition) is 4. The van der Waals surface area contributed by atoms with Crippen molar-refractivity contribution < 1.29 is 4.79 Å². The van der Waals surface area contributed by atoms with E-state index in [0.717, 1.165) is 0 Å². The van der Waals surface area contributed by atoms with E-state index in [4.69, 9.17) is 5.84 Å². The molecule has 0 aliphatic carbocycles. The lowest BCUT2D eigenvalue weighted by Crippen LogP contribution is -2.44. The van der Waals surface area contributed by atoms with Gasteiger partial charge in [0, 0.05) is 18.9 Å². The van der Waals surface area contributed by atoms with Crippen LogP contribution in [-0.4, -0.2) is 15.5 Å². The second-order valence-corrected chi connectivity index (χ2v) is 3.89. The number of nitrogens with two attached hydrogens (primary N) is 1. The lowest BCUT2D eigenvalue weighted by molar-refractivity contribution is -0.130. The fourth-order valence-electron chi connectivity index (χ4n) is 1.20. The van der Waals surface area contributed by atoms with Crippen LogP contribution >= 0.6 is 0 Å². The maximum absolute atomic E-state index is 11.4. The quantitative estimate of drug-likeness (QED) is 0.390. The smallest absolute Gasteiger partial charge is 0.298 e. The van der Waals surface area contributed by atoms with E-state index in [-0.39, 0.29) is 18.1 Å². The molecule has 15 heavy (non-hydrogen) atoms. The molecule has 0 aliphatic rings. The first-order chi connectivity index (χ1) is 6.97. The van der Waals surface area contributed by atoms with Crippen molar-refractivity contribution in [2.45, 2.75) is 20.4 Å². The number of nitrogens with zero attached hydrogens (tertiary/aromatic N) is 2. The summed E-state index contributed by atoms with van der Waals surface area (Å²) in [6, 6.07) is 1.64. The van der Waals surface area contributed by atoms with E-state index in [9.17, 15) is 9.59 Å². The van der Waals surface area contributed by atoms with Gasteiger partial charge in [-0.25, -0.2) is 15.6 Å². The second-order valence-electron chi connectivity index (χ2n) is 3.89. The number of hydrogen-bond donors (Lipinski definition) is 2. The van der Waals surface area contributed by atoms with Crippen LogP contribution in [0.4, 0.5) is 0 Å². The van der Waals surface area contributed by atoms with Crippen LogP contribution in [0.25, 0.3) is 0 Å². The van der Waals surface area contributed by atoms with Crippen LogP contribution in [0, 0.1) is 5.41 Å². The molecule has 0 atom stereocenters. The van der Waals surface area contributed by atoms with Crippen molar-refractivity contribution in [1.29, 1.82) is 0 Å². The first-order valence-corrected chi connectivity index (χ1v) is 4.50. The molecule has 82 valence electrons. The Morgan fingerprint density at radius 2 is 2.33 bits per heavy atom. The molecule has 0 radical (unpaired) electrons. The highest BCUT2D eigenvalue weighted by Crippen LogP contribution is 2.16. The van der Waals surface area contributed by atoms with Gasteiger partial charge < -0.3 is 0 Å². The fraction of sp³-hybridized carbons (Fsp3) is 0.444. The molecule has 0 saturated heterocycles. The Morgan fingerprint density at radius 3 is 2.87 bits per heavy atom. The molecule has 0 saturated carbocycles. The van der Waals surface area contributed by atoms with Crippen molar-refractivity contribution in [3.8, 4) is 0 Å². The van der Waals surface area contributed by atoms with Gasteiger partial charge in [0.2, 0.25) is 5.91 Å². The molecule has 0 spiro atoms. The van der Waals surface area contributed by atoms with Crippen molar-refractivity contribution in [3.05, 3.63) is 28.9 Å². The second kappa shape index (κ2) is 4.22. The van der Waals surface area contributed by atoms with E-state index in [2.05, 4.69) is 10.4 Å². The predicted molar refractivity (Wildman–Crippen MR) is 54.6 cm³/mol. The molecule has 0 aliphatic heterocycles. The zero-order valence-electron chi connectivity index (χ0n) is 8.73. The van der Waals surface area contributed by atoms with Crippen LogP contribution in [0.1, 0.15) is 13.8 Å². The lowest BCUT2D eigenvalue weighted by atomic mass is 9.92. The average Bonchev–Trinajstić information content (AvgIpc) is 2.20. The molecular formula is C9H14N4O2. The minimum atomic E-state index is -0.748. The number of amides is 1. The van der Waals surface area contributed by atoms with E-state index >= 15 is 0 Å². The molecule has 3 N–H and O–H groups in total. The Labute approximate surface area is 87.1 Å². The highest BCUT2D eigenvalue weighted by Gasteiger charge is 2.27. The van der Waals surface area contributed by atoms with Gasteiger partial charge in [-0.05, 0) is 19.9 Å². The van der Waals surface area contributed by atoms with Gasteiger partial charge in [-0.2, -0.15) is 0 Å². The molecule has 0 bridgehead atoms. The van der Waals surface area contributed by atoms with Gasteiger partial charge in [-0.15, -0.1) is 0 Å². The summed E-state index contributed by atoms with van der Waals surface area (Å²) in [6.07, 6.45) is 3.00. The molecule has 1 aromatic rings. The zero-order chi connectivity index (χ0) is 11.5. The first kappa shape index (κ1) is 11.4. The third kappa shape index (κ3) is 2.63. The largest absolute Gasteiger partial charge is 0.347 e. The van der Waals surface area contributed by atoms with Gasteiger partial charge in [0.15, 0.2) is 0 Å². The summed E-state index contributed by atoms with van der Waals surface area (Å²) in [5, 5.41) is 0. The molecule has 6 heteroatoms. The van der Waals surface area contributed by atoms with Crippen LogP contribution in [-0.2, 0) is 11.3 Å². The molecule has 1 aromatic heterocycles. The summed E-state index contributed by atoms with van der Waals surface area (Å²) < 4.78 is 1.37. The number of nitrogens with one attached hydrogen (secondary N) is 1. The van der Waals surface area contributed by atoms with Gasteiger partial charge >= 0.3 is 5.69 Å². The standard InChI is InChI=1S/C9H14N4O2/c1-9(2,7(14)12-10)6-13-5-3-4-11-8(13)15/h3-5H,6,10H2,1-2H3,(H,12,14). The number of carbonyl (C=O) groups excluding carboxylic acids is 1. The summed E-state index contributed by atoms with van der Waals surface area (Å²) in [5.74, 6) is 4.73. The van der Waals surface area contributed by atoms with Crippen molar-refractivity contribution in [3.63, 3.8) is 0 Å². The lowest BCUT2D eigenvalue weighted by Gasteiger charge is -2.22. The van der Waals surface area contributed by atoms with E-state index in [1.54, 1.807) is 26.1 Å². The Morgan fingerprint density at radius 1 is 1.67 bits per heavy atom. The van der Waals surface area contributed by atoms with E-state index in [1.807, 2.05) is 0 Å². The fourth-order valence-corrected chi connectivity index (χ4v) is 1.20. The van der Waals surface area contributed by atoms with Gasteiger partial charge in [0.1, 0.15) is 0 Å². The highest BCUT2D eigenvalue weighted by atomic mass is 16.2. The molecule has 1 rings (SSSR count). The number of rotatable bonds is 3. The molecule has 0 fully saturated rings. The summed E-state index contributed by atoms with van der Waals surface area (Å²) in [5.41, 5.74) is 0.943. The molecule has 1 amide bonds. The van der Waals surface area contributed by atoms with Gasteiger partial charge in [0.25, 0.3) is 0 Å². The first-order valence-electron chi connectivity index (χ1n) is 4.50. The molecule has 0 unspecified atom stereocenters. The van der Waals surface area contributed by atoms with Crippen molar-refractivity contribution in [2.24, 2.45) is 11.3 Å². The SMILES string of the molecule is CC(C)(Cn1cccnc1=O)C(=O)NN. The molecule has 0 aromatic carbocycles. The van der Waals surface area contributed by atoms with Gasteiger partial charge in [0.05, 0.1) is 5.41 Å². The minimum Gasteiger partial charge on any atom is -0.298 e. The van der Waals surface area contributed by atoms with Gasteiger partial charge in [-0.1, -0.05) is 0 Å². The number of aromatic nitrogens is 2. The van der Waals surface area contributed by atoms with Crippen LogP contribution < -0.4 is 17.0 Å². The summed E-state index contributed by atoms with van der Waals surface area (Å²) >= 11 is 0. The third-order valence-electron chi connectivity index (χ3n) is 2.09. The minimum absolute atomic E-state index is 0.239. The predicted octanol–water partition coefficient (Wildman–Crippen LogP) is -0.741. The van der Waals surface area contributed by atoms with Crippen molar-refractivity contribution >= 4 is 5.91 Å². The molecule has 6 nitrogen and oxygen atoms in total. The Bertz CT molecular complexity index is 411. The monoisotopic (exact) mass is 210 g/mol. The van der Waals surface area contributed by atoms with Crippen molar-refractivity contribution in [1.82, 2.24) is 15.0 Å². The summed E-state index contributed by atoms with van der Waals surface area (Å²) in [7, 11) is 0. The maximum atomic E-state index is 11.4. The normalized spacial score (nSPS) is 11.1. The molecular weight excluding hydrogens is 196 g/mol. The Kier molecular flexibility index (Phi) is 3.21. The Hall–Kier alpha value is -1.69. The van der Waals surface area contributed by atoms with Gasteiger partial charge in [-0.3, -0.25) is 14.8 Å². The van der Waals surface area contributed by atoms with E-state index in [0.29, 0.717) is 0 Å². The van der Waals surface area contributed by atoms with E-state index < -0.39 is 5.41 Å². The average molecular weight is 210 g/mol. The van der Waals surface area contributed by atoms with Crippen LogP contribution in [0.5, 0.6) is 0 Å². The van der Waals surface area contributed by atoms with E-state index in [1.165, 1.54) is 10.8 Å². The topological polar surface area (TPSA) is 90.0 Å². The Balaban J connectivity index is 2.91. The number of carbonyl (C=O) groups is 1. The van der Waals surface area contributed by atoms with Crippen LogP contribution in [0.2, 0.25) is 0 Å². The zero-order valence-corrected chi connectivity index (χ0v) is 8.73. The summed E-state index contributed by atoms with van der Waals surface area (Å²) in [4.78, 5) is 26.3. The summed E-state index contributed by atoms with van der Waals surface area (Å²) in [6.45, 7) is 3.64. The molecule has 1 heterocycles. The third-order valence-corrected chi connectivity index (χ3v) is 2.09. The highest BCUT2D eigenvalue weighted by molar-refractivity contribution is 5.81. The van der Waals surface area contributed by atoms with Crippen LogP contribution in [0.3, 0.4) is 0 Å². The maximum Gasteiger partial charge on any atom is 0.347 e. The number of hydrazine groups is 1. The van der Waals surface area contributed by atoms with Crippen molar-refractivity contribution in [2.75, 3.05) is 0 Å².